The van der Waals surface area contributed by atoms with E-state index in [-0.39, 0.29) is 42.5 Å². The summed E-state index contributed by atoms with van der Waals surface area (Å²) in [7, 11) is 1.82. The lowest BCUT2D eigenvalue weighted by Crippen LogP contribution is -2.33. The van der Waals surface area contributed by atoms with Crippen molar-refractivity contribution in [2.45, 2.75) is 32.1 Å². The molecular weight excluding hydrogens is 302 g/mol. The molecule has 1 aromatic rings. The topological polar surface area (TPSA) is 71.7 Å². The van der Waals surface area contributed by atoms with Crippen LogP contribution < -0.4 is 4.80 Å². The fourth-order valence-electron chi connectivity index (χ4n) is 3.26. The maximum atomic E-state index is 12.3. The third-order valence-corrected chi connectivity index (χ3v) is 5.31. The van der Waals surface area contributed by atoms with Gasteiger partial charge in [0.15, 0.2) is 4.80 Å². The van der Waals surface area contributed by atoms with Crippen LogP contribution in [0.25, 0.3) is 0 Å². The summed E-state index contributed by atoms with van der Waals surface area (Å²) < 4.78 is 1.77. The fourth-order valence-corrected chi connectivity index (χ4v) is 4.00. The number of hydrogen-bond acceptors (Lipinski definition) is 4. The standard InChI is InChI=1S/C15H19N3O3S/c1-17-8-9-22-15(17)16-12(19)6-7-18-13(20)10-4-2-3-5-11(10)14(18)21/h8-11H,2-7H2,1H3/t10-,11+. The molecule has 1 aliphatic carbocycles. The van der Waals surface area contributed by atoms with Crippen molar-refractivity contribution in [3.05, 3.63) is 16.4 Å². The number of likely N-dealkylation sites (tertiary alicyclic amines) is 1. The quantitative estimate of drug-likeness (QED) is 0.782. The Morgan fingerprint density at radius 2 is 1.91 bits per heavy atom. The molecule has 0 N–H and O–H groups in total. The van der Waals surface area contributed by atoms with Crippen LogP contribution in [0.5, 0.6) is 0 Å². The van der Waals surface area contributed by atoms with Crippen molar-refractivity contribution >= 4 is 29.1 Å². The molecule has 0 unspecified atom stereocenters. The molecule has 0 spiro atoms. The Kier molecular flexibility index (Phi) is 4.24. The number of aromatic nitrogens is 1. The van der Waals surface area contributed by atoms with Crippen molar-refractivity contribution in [1.29, 1.82) is 0 Å². The first-order valence-electron chi connectivity index (χ1n) is 7.61. The van der Waals surface area contributed by atoms with Crippen molar-refractivity contribution < 1.29 is 14.4 Å². The van der Waals surface area contributed by atoms with E-state index in [0.29, 0.717) is 4.80 Å². The van der Waals surface area contributed by atoms with Crippen molar-refractivity contribution in [2.75, 3.05) is 6.54 Å². The van der Waals surface area contributed by atoms with E-state index in [1.807, 2.05) is 18.6 Å². The lowest BCUT2D eigenvalue weighted by atomic mass is 9.81. The third-order valence-electron chi connectivity index (χ3n) is 4.46. The molecule has 7 heteroatoms. The van der Waals surface area contributed by atoms with Gasteiger partial charge >= 0.3 is 0 Å². The molecule has 3 amide bonds. The molecule has 2 aliphatic rings. The highest BCUT2D eigenvalue weighted by molar-refractivity contribution is 7.07. The molecule has 1 aliphatic heterocycles. The Morgan fingerprint density at radius 1 is 1.27 bits per heavy atom. The van der Waals surface area contributed by atoms with Crippen LogP contribution in [0.4, 0.5) is 0 Å². The first-order chi connectivity index (χ1) is 10.6. The van der Waals surface area contributed by atoms with Crippen LogP contribution in [-0.4, -0.2) is 33.7 Å². The molecule has 2 heterocycles. The Bertz CT molecular complexity index is 652. The number of aryl methyl sites for hydroxylation is 1. The predicted octanol–water partition coefficient (Wildman–Crippen LogP) is 1.08. The second-order valence-corrected chi connectivity index (χ2v) is 6.75. The Labute approximate surface area is 132 Å². The predicted molar refractivity (Wildman–Crippen MR) is 80.6 cm³/mol. The van der Waals surface area contributed by atoms with Crippen LogP contribution in [0.3, 0.4) is 0 Å². The molecule has 118 valence electrons. The number of carbonyl (C=O) groups excluding carboxylic acids is 3. The van der Waals surface area contributed by atoms with Gasteiger partial charge in [-0.3, -0.25) is 19.3 Å². The number of hydrogen-bond donors (Lipinski definition) is 0. The first kappa shape index (κ1) is 15.1. The van der Waals surface area contributed by atoms with Gasteiger partial charge < -0.3 is 4.57 Å². The molecule has 1 saturated heterocycles. The minimum absolute atomic E-state index is 0.0921. The van der Waals surface area contributed by atoms with Gasteiger partial charge in [-0.15, -0.1) is 11.3 Å². The second kappa shape index (κ2) is 6.16. The number of carbonyl (C=O) groups is 3. The van der Waals surface area contributed by atoms with E-state index in [1.165, 1.54) is 16.2 Å². The maximum absolute atomic E-state index is 12.3. The van der Waals surface area contributed by atoms with E-state index < -0.39 is 0 Å². The fraction of sp³-hybridized carbons (Fsp3) is 0.600. The molecular formula is C15H19N3O3S. The Balaban J connectivity index is 1.64. The zero-order valence-electron chi connectivity index (χ0n) is 12.5. The van der Waals surface area contributed by atoms with Crippen molar-refractivity contribution in [1.82, 2.24) is 9.47 Å². The second-order valence-electron chi connectivity index (χ2n) is 5.88. The van der Waals surface area contributed by atoms with Gasteiger partial charge in [0.2, 0.25) is 17.7 Å². The van der Waals surface area contributed by atoms with E-state index in [0.717, 1.165) is 25.7 Å². The molecule has 0 bridgehead atoms. The summed E-state index contributed by atoms with van der Waals surface area (Å²) in [5.74, 6) is -0.784. The highest BCUT2D eigenvalue weighted by Gasteiger charge is 2.47. The normalized spacial score (nSPS) is 25.7. The average molecular weight is 321 g/mol. The zero-order valence-corrected chi connectivity index (χ0v) is 13.3. The summed E-state index contributed by atoms with van der Waals surface area (Å²) in [6.07, 6.45) is 5.54. The van der Waals surface area contributed by atoms with Crippen LogP contribution in [0, 0.1) is 11.8 Å². The number of rotatable bonds is 3. The SMILES string of the molecule is Cn1ccsc1=NC(=O)CCN1C(=O)[C@H]2CCCC[C@H]2C1=O. The van der Waals surface area contributed by atoms with E-state index in [1.54, 1.807) is 4.57 Å². The minimum atomic E-state index is -0.298. The van der Waals surface area contributed by atoms with E-state index in [4.69, 9.17) is 0 Å². The molecule has 6 nitrogen and oxygen atoms in total. The van der Waals surface area contributed by atoms with Crippen molar-refractivity contribution in [2.24, 2.45) is 23.9 Å². The van der Waals surface area contributed by atoms with Crippen LogP contribution in [0.1, 0.15) is 32.1 Å². The van der Waals surface area contributed by atoms with Gasteiger partial charge in [-0.1, -0.05) is 12.8 Å². The van der Waals surface area contributed by atoms with Crippen molar-refractivity contribution in [3.63, 3.8) is 0 Å². The molecule has 0 aromatic carbocycles. The minimum Gasteiger partial charge on any atom is -0.327 e. The maximum Gasteiger partial charge on any atom is 0.250 e. The van der Waals surface area contributed by atoms with Gasteiger partial charge in [0.05, 0.1) is 11.8 Å². The Hall–Kier alpha value is -1.76. The number of thiazole rings is 1. The van der Waals surface area contributed by atoms with E-state index in [2.05, 4.69) is 4.99 Å². The van der Waals surface area contributed by atoms with Gasteiger partial charge in [-0.05, 0) is 12.8 Å². The largest absolute Gasteiger partial charge is 0.327 e. The summed E-state index contributed by atoms with van der Waals surface area (Å²) in [6.45, 7) is 0.155. The van der Waals surface area contributed by atoms with Gasteiger partial charge in [-0.2, -0.15) is 4.99 Å². The molecule has 3 rings (SSSR count). The Morgan fingerprint density at radius 3 is 2.45 bits per heavy atom. The number of amides is 3. The summed E-state index contributed by atoms with van der Waals surface area (Å²) in [4.78, 5) is 42.4. The monoisotopic (exact) mass is 321 g/mol. The summed E-state index contributed by atoms with van der Waals surface area (Å²) in [5.41, 5.74) is 0. The number of fused-ring (bicyclic) bond motifs is 1. The smallest absolute Gasteiger partial charge is 0.250 e. The highest BCUT2D eigenvalue weighted by atomic mass is 32.1. The number of imide groups is 1. The van der Waals surface area contributed by atoms with Crippen molar-refractivity contribution in [3.8, 4) is 0 Å². The third kappa shape index (κ3) is 2.77. The molecule has 1 aromatic heterocycles. The van der Waals surface area contributed by atoms with E-state index >= 15 is 0 Å². The summed E-state index contributed by atoms with van der Waals surface area (Å²) >= 11 is 1.38. The van der Waals surface area contributed by atoms with Crippen LogP contribution in [0.2, 0.25) is 0 Å². The van der Waals surface area contributed by atoms with Crippen LogP contribution >= 0.6 is 11.3 Å². The first-order valence-corrected chi connectivity index (χ1v) is 8.49. The van der Waals surface area contributed by atoms with E-state index in [9.17, 15) is 14.4 Å². The average Bonchev–Trinajstić information content (AvgIpc) is 3.01. The highest BCUT2D eigenvalue weighted by Crippen LogP contribution is 2.37. The lowest BCUT2D eigenvalue weighted by Gasteiger charge is -2.19. The van der Waals surface area contributed by atoms with Crippen LogP contribution in [0.15, 0.2) is 16.6 Å². The van der Waals surface area contributed by atoms with Gasteiger partial charge in [0.1, 0.15) is 0 Å². The summed E-state index contributed by atoms with van der Waals surface area (Å²) in [5, 5.41) is 1.85. The van der Waals surface area contributed by atoms with Gasteiger partial charge in [0, 0.05) is 31.6 Å². The molecule has 2 atom stereocenters. The van der Waals surface area contributed by atoms with Gasteiger partial charge in [-0.25, -0.2) is 0 Å². The molecule has 1 saturated carbocycles. The summed E-state index contributed by atoms with van der Waals surface area (Å²) in [6, 6.07) is 0. The zero-order chi connectivity index (χ0) is 15.7. The molecule has 0 radical (unpaired) electrons. The van der Waals surface area contributed by atoms with Crippen LogP contribution in [-0.2, 0) is 21.4 Å². The lowest BCUT2D eigenvalue weighted by molar-refractivity contribution is -0.140. The molecule has 2 fully saturated rings. The van der Waals surface area contributed by atoms with Gasteiger partial charge in [0.25, 0.3) is 0 Å². The number of nitrogens with zero attached hydrogens (tertiary/aromatic N) is 3. The molecule has 22 heavy (non-hydrogen) atoms.